The summed E-state index contributed by atoms with van der Waals surface area (Å²) in [7, 11) is 0. The molecule has 1 aromatic rings. The molecule has 3 aliphatic rings. The lowest BCUT2D eigenvalue weighted by molar-refractivity contribution is 0.162. The van der Waals surface area contributed by atoms with Crippen LogP contribution in [-0.4, -0.2) is 49.2 Å². The summed E-state index contributed by atoms with van der Waals surface area (Å²) in [5.74, 6) is 2.11. The zero-order chi connectivity index (χ0) is 15.5. The van der Waals surface area contributed by atoms with Crippen molar-refractivity contribution in [3.05, 3.63) is 9.75 Å². The standard InChI is InChI=1S/C18H28N2O2S/c1-3-7-19(8-4-1)13-15-17-18(22-12-11-21-17)16(23-15)14-20-9-5-2-6-10-20/h1-14H2. The number of hydrogen-bond donors (Lipinski definition) is 0. The lowest BCUT2D eigenvalue weighted by atomic mass is 10.1. The summed E-state index contributed by atoms with van der Waals surface area (Å²) < 4.78 is 12.0. The summed E-state index contributed by atoms with van der Waals surface area (Å²) in [6.45, 7) is 8.39. The van der Waals surface area contributed by atoms with Crippen LogP contribution >= 0.6 is 11.3 Å². The van der Waals surface area contributed by atoms with Gasteiger partial charge in [0.05, 0.1) is 9.75 Å². The van der Waals surface area contributed by atoms with Gasteiger partial charge in [0, 0.05) is 13.1 Å². The zero-order valence-electron chi connectivity index (χ0n) is 14.0. The van der Waals surface area contributed by atoms with Crippen molar-refractivity contribution in [1.82, 2.24) is 9.80 Å². The number of hydrogen-bond acceptors (Lipinski definition) is 5. The molecule has 0 bridgehead atoms. The molecule has 4 rings (SSSR count). The van der Waals surface area contributed by atoms with Crippen LogP contribution in [0.15, 0.2) is 0 Å². The Morgan fingerprint density at radius 3 is 1.52 bits per heavy atom. The van der Waals surface area contributed by atoms with E-state index in [1.54, 1.807) is 0 Å². The average molecular weight is 337 g/mol. The van der Waals surface area contributed by atoms with Gasteiger partial charge in [-0.1, -0.05) is 12.8 Å². The molecule has 0 spiro atoms. The topological polar surface area (TPSA) is 24.9 Å². The third kappa shape index (κ3) is 3.67. The molecule has 0 radical (unpaired) electrons. The Kier molecular flexibility index (Phi) is 5.07. The molecular weight excluding hydrogens is 308 g/mol. The number of thiophene rings is 1. The summed E-state index contributed by atoms with van der Waals surface area (Å²) in [4.78, 5) is 7.93. The van der Waals surface area contributed by atoms with Crippen LogP contribution in [0.4, 0.5) is 0 Å². The molecule has 0 unspecified atom stereocenters. The largest absolute Gasteiger partial charge is 0.485 e. The van der Waals surface area contributed by atoms with Gasteiger partial charge in [-0.2, -0.15) is 0 Å². The van der Waals surface area contributed by atoms with Gasteiger partial charge < -0.3 is 9.47 Å². The van der Waals surface area contributed by atoms with Gasteiger partial charge >= 0.3 is 0 Å². The van der Waals surface area contributed by atoms with E-state index in [2.05, 4.69) is 9.80 Å². The van der Waals surface area contributed by atoms with Crippen LogP contribution in [0.2, 0.25) is 0 Å². The van der Waals surface area contributed by atoms with Gasteiger partial charge in [0.15, 0.2) is 11.5 Å². The van der Waals surface area contributed by atoms with Crippen LogP contribution in [0.25, 0.3) is 0 Å². The molecule has 0 aliphatic carbocycles. The normalized spacial score (nSPS) is 23.1. The van der Waals surface area contributed by atoms with E-state index < -0.39 is 0 Å². The molecule has 2 saturated heterocycles. The van der Waals surface area contributed by atoms with Crippen LogP contribution < -0.4 is 9.47 Å². The molecule has 23 heavy (non-hydrogen) atoms. The first-order valence-electron chi connectivity index (χ1n) is 9.25. The Labute approximate surface area is 143 Å². The Morgan fingerprint density at radius 2 is 1.09 bits per heavy atom. The first-order chi connectivity index (χ1) is 11.4. The minimum absolute atomic E-state index is 0.694. The second-order valence-corrected chi connectivity index (χ2v) is 8.17. The fourth-order valence-electron chi connectivity index (χ4n) is 3.92. The van der Waals surface area contributed by atoms with E-state index in [0.717, 1.165) is 24.6 Å². The van der Waals surface area contributed by atoms with Crippen molar-refractivity contribution >= 4 is 11.3 Å². The Hall–Kier alpha value is -0.780. The van der Waals surface area contributed by atoms with E-state index in [-0.39, 0.29) is 0 Å². The van der Waals surface area contributed by atoms with Crippen molar-refractivity contribution in [2.24, 2.45) is 0 Å². The molecular formula is C18H28N2O2S. The molecule has 0 atom stereocenters. The van der Waals surface area contributed by atoms with Gasteiger partial charge in [0.25, 0.3) is 0 Å². The Bertz CT molecular complexity index is 475. The minimum atomic E-state index is 0.694. The van der Waals surface area contributed by atoms with Gasteiger partial charge in [-0.25, -0.2) is 0 Å². The second kappa shape index (κ2) is 7.41. The Morgan fingerprint density at radius 1 is 0.652 bits per heavy atom. The lowest BCUT2D eigenvalue weighted by Gasteiger charge is -2.26. The van der Waals surface area contributed by atoms with Crippen LogP contribution in [0.3, 0.4) is 0 Å². The highest BCUT2D eigenvalue weighted by Crippen LogP contribution is 2.45. The highest BCUT2D eigenvalue weighted by molar-refractivity contribution is 7.12. The zero-order valence-corrected chi connectivity index (χ0v) is 14.8. The van der Waals surface area contributed by atoms with Gasteiger partial charge in [-0.3, -0.25) is 9.80 Å². The molecule has 4 heterocycles. The van der Waals surface area contributed by atoms with E-state index in [9.17, 15) is 0 Å². The molecule has 1 aromatic heterocycles. The van der Waals surface area contributed by atoms with E-state index in [1.807, 2.05) is 11.3 Å². The van der Waals surface area contributed by atoms with Crippen molar-refractivity contribution in [3.63, 3.8) is 0 Å². The van der Waals surface area contributed by atoms with E-state index in [0.29, 0.717) is 13.2 Å². The first kappa shape index (κ1) is 15.7. The predicted molar refractivity (Wildman–Crippen MR) is 93.6 cm³/mol. The highest BCUT2D eigenvalue weighted by atomic mass is 32.1. The summed E-state index contributed by atoms with van der Waals surface area (Å²) >= 11 is 1.93. The minimum Gasteiger partial charge on any atom is -0.485 e. The van der Waals surface area contributed by atoms with Gasteiger partial charge in [-0.15, -0.1) is 11.3 Å². The fraction of sp³-hybridized carbons (Fsp3) is 0.778. The first-order valence-corrected chi connectivity index (χ1v) is 10.1. The fourth-order valence-corrected chi connectivity index (χ4v) is 5.20. The third-order valence-corrected chi connectivity index (χ3v) is 6.29. The second-order valence-electron chi connectivity index (χ2n) is 6.98. The number of piperidine rings is 2. The molecule has 5 heteroatoms. The number of ether oxygens (including phenoxy) is 2. The van der Waals surface area contributed by atoms with Gasteiger partial charge in [-0.05, 0) is 51.9 Å². The third-order valence-electron chi connectivity index (χ3n) is 5.17. The number of rotatable bonds is 4. The van der Waals surface area contributed by atoms with Crippen molar-refractivity contribution in [3.8, 4) is 11.5 Å². The van der Waals surface area contributed by atoms with E-state index in [4.69, 9.17) is 9.47 Å². The van der Waals surface area contributed by atoms with Crippen LogP contribution in [0.1, 0.15) is 48.3 Å². The van der Waals surface area contributed by atoms with E-state index >= 15 is 0 Å². The van der Waals surface area contributed by atoms with Crippen molar-refractivity contribution < 1.29 is 9.47 Å². The monoisotopic (exact) mass is 336 g/mol. The maximum absolute atomic E-state index is 6.01. The predicted octanol–water partition coefficient (Wildman–Crippen LogP) is 3.49. The van der Waals surface area contributed by atoms with Crippen molar-refractivity contribution in [1.29, 1.82) is 0 Å². The molecule has 0 N–H and O–H groups in total. The molecule has 128 valence electrons. The molecule has 3 aliphatic heterocycles. The summed E-state index contributed by atoms with van der Waals surface area (Å²) in [6, 6.07) is 0. The Balaban J connectivity index is 1.51. The number of fused-ring (bicyclic) bond motifs is 1. The smallest absolute Gasteiger partial charge is 0.176 e. The molecule has 0 aromatic carbocycles. The quantitative estimate of drug-likeness (QED) is 0.840. The maximum atomic E-state index is 6.01. The maximum Gasteiger partial charge on any atom is 0.176 e. The molecule has 0 saturated carbocycles. The summed E-state index contributed by atoms with van der Waals surface area (Å²) in [6.07, 6.45) is 8.13. The van der Waals surface area contributed by atoms with Crippen LogP contribution in [-0.2, 0) is 13.1 Å². The van der Waals surface area contributed by atoms with Crippen molar-refractivity contribution in [2.45, 2.75) is 51.6 Å². The summed E-state index contributed by atoms with van der Waals surface area (Å²) in [5, 5.41) is 0. The average Bonchev–Trinajstić information content (AvgIpc) is 2.95. The SMILES string of the molecule is C1CCN(Cc2sc(CN3CCCCC3)c3c2OCCO3)CC1. The molecule has 4 nitrogen and oxygen atoms in total. The van der Waals surface area contributed by atoms with Gasteiger partial charge in [0.1, 0.15) is 13.2 Å². The van der Waals surface area contributed by atoms with E-state index in [1.165, 1.54) is 74.5 Å². The lowest BCUT2D eigenvalue weighted by Crippen LogP contribution is -2.29. The number of nitrogens with zero attached hydrogens (tertiary/aromatic N) is 2. The highest BCUT2D eigenvalue weighted by Gasteiger charge is 2.27. The van der Waals surface area contributed by atoms with Crippen LogP contribution in [0, 0.1) is 0 Å². The summed E-state index contributed by atoms with van der Waals surface area (Å²) in [5.41, 5.74) is 0. The van der Waals surface area contributed by atoms with Crippen molar-refractivity contribution in [2.75, 3.05) is 39.4 Å². The molecule has 2 fully saturated rings. The van der Waals surface area contributed by atoms with Gasteiger partial charge in [0.2, 0.25) is 0 Å². The molecule has 0 amide bonds. The van der Waals surface area contributed by atoms with Crippen LogP contribution in [0.5, 0.6) is 11.5 Å². The number of likely N-dealkylation sites (tertiary alicyclic amines) is 2.